The zero-order valence-electron chi connectivity index (χ0n) is 8.79. The Morgan fingerprint density at radius 3 is 2.71 bits per heavy atom. The molecular weight excluding hydrogens is 176 g/mol. The monoisotopic (exact) mass is 192 g/mol. The van der Waals surface area contributed by atoms with Crippen molar-refractivity contribution in [2.75, 3.05) is 7.05 Å². The number of hydrogen-bond acceptors (Lipinski definition) is 2. The molecule has 1 rings (SSSR count). The van der Waals surface area contributed by atoms with Crippen LogP contribution in [0.1, 0.15) is 24.0 Å². The van der Waals surface area contributed by atoms with Crippen molar-refractivity contribution < 1.29 is 4.79 Å². The van der Waals surface area contributed by atoms with E-state index in [0.717, 1.165) is 5.56 Å². The lowest BCUT2D eigenvalue weighted by Crippen LogP contribution is -2.37. The van der Waals surface area contributed by atoms with Crippen molar-refractivity contribution in [3.63, 3.8) is 0 Å². The van der Waals surface area contributed by atoms with E-state index in [2.05, 4.69) is 10.9 Å². The SMILES string of the molecule is CNNC(=O)C(C)c1cccc(C)c1. The van der Waals surface area contributed by atoms with Crippen molar-refractivity contribution in [1.29, 1.82) is 0 Å². The molecule has 0 saturated heterocycles. The average molecular weight is 192 g/mol. The van der Waals surface area contributed by atoms with Gasteiger partial charge in [0.05, 0.1) is 5.92 Å². The number of rotatable bonds is 3. The summed E-state index contributed by atoms with van der Waals surface area (Å²) < 4.78 is 0. The van der Waals surface area contributed by atoms with Crippen LogP contribution in [0.2, 0.25) is 0 Å². The highest BCUT2D eigenvalue weighted by Crippen LogP contribution is 2.15. The van der Waals surface area contributed by atoms with E-state index in [0.29, 0.717) is 0 Å². The lowest BCUT2D eigenvalue weighted by atomic mass is 9.99. The average Bonchev–Trinajstić information content (AvgIpc) is 2.17. The Morgan fingerprint density at radius 2 is 2.14 bits per heavy atom. The standard InChI is InChI=1S/C11H16N2O/c1-8-5-4-6-10(7-8)9(2)11(14)13-12-3/h4-7,9,12H,1-3H3,(H,13,14). The van der Waals surface area contributed by atoms with Gasteiger partial charge in [0.1, 0.15) is 0 Å². The second-order valence-electron chi connectivity index (χ2n) is 3.38. The minimum absolute atomic E-state index is 0.0156. The summed E-state index contributed by atoms with van der Waals surface area (Å²) in [6.45, 7) is 3.91. The van der Waals surface area contributed by atoms with E-state index in [-0.39, 0.29) is 11.8 Å². The van der Waals surface area contributed by atoms with E-state index in [1.165, 1.54) is 5.56 Å². The summed E-state index contributed by atoms with van der Waals surface area (Å²) in [4.78, 5) is 11.5. The summed E-state index contributed by atoms with van der Waals surface area (Å²) in [6.07, 6.45) is 0. The molecular formula is C11H16N2O. The van der Waals surface area contributed by atoms with Gasteiger partial charge in [-0.1, -0.05) is 29.8 Å². The van der Waals surface area contributed by atoms with Gasteiger partial charge < -0.3 is 0 Å². The number of benzene rings is 1. The van der Waals surface area contributed by atoms with Crippen LogP contribution in [0.4, 0.5) is 0 Å². The first-order valence-corrected chi connectivity index (χ1v) is 4.68. The van der Waals surface area contributed by atoms with E-state index in [1.54, 1.807) is 7.05 Å². The number of nitrogens with one attached hydrogen (secondary N) is 2. The van der Waals surface area contributed by atoms with E-state index >= 15 is 0 Å². The summed E-state index contributed by atoms with van der Waals surface area (Å²) in [6, 6.07) is 7.98. The number of hydrazine groups is 1. The smallest absolute Gasteiger partial charge is 0.241 e. The molecule has 0 aliphatic carbocycles. The minimum atomic E-state index is -0.123. The molecule has 76 valence electrons. The maximum absolute atomic E-state index is 11.5. The molecule has 0 radical (unpaired) electrons. The van der Waals surface area contributed by atoms with Gasteiger partial charge in [0.25, 0.3) is 0 Å². The Morgan fingerprint density at radius 1 is 1.43 bits per heavy atom. The first-order valence-electron chi connectivity index (χ1n) is 4.68. The lowest BCUT2D eigenvalue weighted by molar-refractivity contribution is -0.123. The number of hydrogen-bond donors (Lipinski definition) is 2. The first kappa shape index (κ1) is 10.7. The predicted octanol–water partition coefficient (Wildman–Crippen LogP) is 1.35. The van der Waals surface area contributed by atoms with Crippen molar-refractivity contribution in [1.82, 2.24) is 10.9 Å². The van der Waals surface area contributed by atoms with Gasteiger partial charge in [0.2, 0.25) is 5.91 Å². The van der Waals surface area contributed by atoms with E-state index in [9.17, 15) is 4.79 Å². The maximum Gasteiger partial charge on any atom is 0.241 e. The molecule has 0 aliphatic heterocycles. The van der Waals surface area contributed by atoms with Crippen LogP contribution in [0.25, 0.3) is 0 Å². The van der Waals surface area contributed by atoms with E-state index < -0.39 is 0 Å². The van der Waals surface area contributed by atoms with Crippen molar-refractivity contribution in [2.45, 2.75) is 19.8 Å². The van der Waals surface area contributed by atoms with Crippen LogP contribution in [0, 0.1) is 6.92 Å². The highest BCUT2D eigenvalue weighted by molar-refractivity contribution is 5.82. The summed E-state index contributed by atoms with van der Waals surface area (Å²) in [5.74, 6) is -0.138. The van der Waals surface area contributed by atoms with Gasteiger partial charge in [-0.15, -0.1) is 0 Å². The van der Waals surface area contributed by atoms with E-state index in [1.807, 2.05) is 38.1 Å². The van der Waals surface area contributed by atoms with Crippen LogP contribution in [0.3, 0.4) is 0 Å². The maximum atomic E-state index is 11.5. The molecule has 1 atom stereocenters. The molecule has 14 heavy (non-hydrogen) atoms. The third kappa shape index (κ3) is 2.57. The molecule has 0 fully saturated rings. The Bertz CT molecular complexity index is 323. The first-order chi connectivity index (χ1) is 6.65. The molecule has 1 amide bonds. The Hall–Kier alpha value is -1.35. The van der Waals surface area contributed by atoms with Gasteiger partial charge in [0, 0.05) is 7.05 Å². The summed E-state index contributed by atoms with van der Waals surface area (Å²) >= 11 is 0. The van der Waals surface area contributed by atoms with Gasteiger partial charge >= 0.3 is 0 Å². The third-order valence-electron chi connectivity index (χ3n) is 2.18. The van der Waals surface area contributed by atoms with Crippen molar-refractivity contribution in [3.8, 4) is 0 Å². The summed E-state index contributed by atoms with van der Waals surface area (Å²) in [5.41, 5.74) is 7.42. The van der Waals surface area contributed by atoms with Crippen molar-refractivity contribution >= 4 is 5.91 Å². The van der Waals surface area contributed by atoms with Crippen LogP contribution in [-0.2, 0) is 4.79 Å². The molecule has 1 aromatic carbocycles. The van der Waals surface area contributed by atoms with Gasteiger partial charge in [0.15, 0.2) is 0 Å². The fraction of sp³-hybridized carbons (Fsp3) is 0.364. The van der Waals surface area contributed by atoms with Gasteiger partial charge in [-0.2, -0.15) is 0 Å². The Balaban J connectivity index is 2.78. The predicted molar refractivity (Wildman–Crippen MR) is 56.8 cm³/mol. The van der Waals surface area contributed by atoms with Crippen molar-refractivity contribution in [2.24, 2.45) is 0 Å². The summed E-state index contributed by atoms with van der Waals surface area (Å²) in [7, 11) is 1.68. The van der Waals surface area contributed by atoms with Crippen LogP contribution >= 0.6 is 0 Å². The molecule has 3 nitrogen and oxygen atoms in total. The molecule has 0 spiro atoms. The molecule has 0 saturated carbocycles. The topological polar surface area (TPSA) is 41.1 Å². The molecule has 0 aliphatic rings. The van der Waals surface area contributed by atoms with Gasteiger partial charge in [-0.25, -0.2) is 5.43 Å². The molecule has 0 bridgehead atoms. The Kier molecular flexibility index (Phi) is 3.65. The quantitative estimate of drug-likeness (QED) is 0.710. The van der Waals surface area contributed by atoms with E-state index in [4.69, 9.17) is 0 Å². The van der Waals surface area contributed by atoms with Crippen LogP contribution < -0.4 is 10.9 Å². The van der Waals surface area contributed by atoms with Crippen molar-refractivity contribution in [3.05, 3.63) is 35.4 Å². The second kappa shape index (κ2) is 4.77. The highest BCUT2D eigenvalue weighted by Gasteiger charge is 2.13. The zero-order valence-corrected chi connectivity index (χ0v) is 8.79. The molecule has 0 heterocycles. The summed E-state index contributed by atoms with van der Waals surface area (Å²) in [5, 5.41) is 0. The van der Waals surface area contributed by atoms with Crippen LogP contribution in [-0.4, -0.2) is 13.0 Å². The number of carbonyl (C=O) groups excluding carboxylic acids is 1. The lowest BCUT2D eigenvalue weighted by Gasteiger charge is -2.11. The number of amides is 1. The molecule has 0 aromatic heterocycles. The third-order valence-corrected chi connectivity index (χ3v) is 2.18. The molecule has 3 heteroatoms. The van der Waals surface area contributed by atoms with Crippen LogP contribution in [0.15, 0.2) is 24.3 Å². The fourth-order valence-corrected chi connectivity index (χ4v) is 1.32. The van der Waals surface area contributed by atoms with Gasteiger partial charge in [-0.05, 0) is 19.4 Å². The van der Waals surface area contributed by atoms with Crippen LogP contribution in [0.5, 0.6) is 0 Å². The molecule has 1 unspecified atom stereocenters. The number of aryl methyl sites for hydroxylation is 1. The Labute approximate surface area is 84.5 Å². The fourth-order valence-electron chi connectivity index (χ4n) is 1.32. The molecule has 1 aromatic rings. The minimum Gasteiger partial charge on any atom is -0.291 e. The van der Waals surface area contributed by atoms with Gasteiger partial charge in [-0.3, -0.25) is 10.2 Å². The number of carbonyl (C=O) groups is 1. The molecule has 2 N–H and O–H groups in total. The largest absolute Gasteiger partial charge is 0.291 e. The second-order valence-corrected chi connectivity index (χ2v) is 3.38. The highest BCUT2D eigenvalue weighted by atomic mass is 16.2. The normalized spacial score (nSPS) is 12.2. The zero-order chi connectivity index (χ0) is 10.6.